The first-order chi connectivity index (χ1) is 16.3. The van der Waals surface area contributed by atoms with Crippen molar-refractivity contribution in [3.05, 3.63) is 70.6 Å². The minimum atomic E-state index is -0.971. The van der Waals surface area contributed by atoms with Gasteiger partial charge < -0.3 is 19.1 Å². The number of hydrogen-bond donors (Lipinski definition) is 1. The summed E-state index contributed by atoms with van der Waals surface area (Å²) in [6.45, 7) is 9.85. The molecule has 0 aliphatic heterocycles. The zero-order chi connectivity index (χ0) is 24.7. The molecule has 0 spiro atoms. The van der Waals surface area contributed by atoms with E-state index in [1.807, 2.05) is 57.2 Å². The van der Waals surface area contributed by atoms with E-state index >= 15 is 0 Å². The van der Waals surface area contributed by atoms with Crippen molar-refractivity contribution in [3.63, 3.8) is 0 Å². The third kappa shape index (κ3) is 6.25. The Bertz CT molecular complexity index is 1150. The van der Waals surface area contributed by atoms with E-state index in [-0.39, 0.29) is 6.61 Å². The SMILES string of the molecule is CCC/C(=N\OCc1nc(-c2ccc(C)cc2)oc1C)c1ccc(OC(CC)C(=O)O)c(C)c1. The molecule has 1 heterocycles. The lowest BCUT2D eigenvalue weighted by atomic mass is 10.0. The molecule has 0 aliphatic carbocycles. The first-order valence-corrected chi connectivity index (χ1v) is 11.5. The van der Waals surface area contributed by atoms with E-state index in [0.717, 1.165) is 35.2 Å². The predicted octanol–water partition coefficient (Wildman–Crippen LogP) is 6.23. The third-order valence-corrected chi connectivity index (χ3v) is 5.48. The number of carboxylic acid groups (broad SMARTS) is 1. The number of oxime groups is 1. The van der Waals surface area contributed by atoms with Gasteiger partial charge in [-0.05, 0) is 75.1 Å². The van der Waals surface area contributed by atoms with Crippen LogP contribution in [-0.2, 0) is 16.2 Å². The van der Waals surface area contributed by atoms with Gasteiger partial charge in [0.15, 0.2) is 12.7 Å². The molecule has 7 heteroatoms. The van der Waals surface area contributed by atoms with Crippen molar-refractivity contribution in [1.29, 1.82) is 0 Å². The van der Waals surface area contributed by atoms with Crippen LogP contribution in [0.25, 0.3) is 11.5 Å². The zero-order valence-electron chi connectivity index (χ0n) is 20.4. The van der Waals surface area contributed by atoms with Crippen molar-refractivity contribution >= 4 is 11.7 Å². The number of aryl methyl sites for hydroxylation is 3. The molecule has 0 fully saturated rings. The highest BCUT2D eigenvalue weighted by Gasteiger charge is 2.18. The Morgan fingerprint density at radius 2 is 1.85 bits per heavy atom. The highest BCUT2D eigenvalue weighted by atomic mass is 16.6. The van der Waals surface area contributed by atoms with Gasteiger partial charge >= 0.3 is 5.97 Å². The fraction of sp³-hybridized carbons (Fsp3) is 0.370. The van der Waals surface area contributed by atoms with E-state index in [0.29, 0.717) is 29.5 Å². The fourth-order valence-corrected chi connectivity index (χ4v) is 3.46. The second-order valence-electron chi connectivity index (χ2n) is 8.28. The van der Waals surface area contributed by atoms with Crippen molar-refractivity contribution in [1.82, 2.24) is 4.98 Å². The maximum Gasteiger partial charge on any atom is 0.344 e. The van der Waals surface area contributed by atoms with Crippen molar-refractivity contribution in [3.8, 4) is 17.2 Å². The van der Waals surface area contributed by atoms with Crippen LogP contribution in [0.5, 0.6) is 5.75 Å². The largest absolute Gasteiger partial charge is 0.479 e. The molecule has 7 nitrogen and oxygen atoms in total. The van der Waals surface area contributed by atoms with Crippen LogP contribution in [0.2, 0.25) is 0 Å². The van der Waals surface area contributed by atoms with Gasteiger partial charge in [0.2, 0.25) is 5.89 Å². The summed E-state index contributed by atoms with van der Waals surface area (Å²) in [7, 11) is 0. The molecule has 0 bridgehead atoms. The van der Waals surface area contributed by atoms with E-state index < -0.39 is 12.1 Å². The van der Waals surface area contributed by atoms with Crippen LogP contribution in [0.15, 0.2) is 52.0 Å². The Kier molecular flexibility index (Phi) is 8.46. The molecule has 34 heavy (non-hydrogen) atoms. The summed E-state index contributed by atoms with van der Waals surface area (Å²) in [6.07, 6.45) is 1.16. The van der Waals surface area contributed by atoms with Crippen molar-refractivity contribution < 1.29 is 23.9 Å². The molecule has 0 amide bonds. The van der Waals surface area contributed by atoms with Crippen molar-refractivity contribution in [2.45, 2.75) is 66.6 Å². The summed E-state index contributed by atoms with van der Waals surface area (Å²) in [4.78, 5) is 21.5. The highest BCUT2D eigenvalue weighted by Crippen LogP contribution is 2.24. The summed E-state index contributed by atoms with van der Waals surface area (Å²) >= 11 is 0. The lowest BCUT2D eigenvalue weighted by Gasteiger charge is -2.16. The van der Waals surface area contributed by atoms with Crippen LogP contribution in [0.3, 0.4) is 0 Å². The number of aromatic nitrogens is 1. The molecule has 1 aromatic heterocycles. The summed E-state index contributed by atoms with van der Waals surface area (Å²) in [5.41, 5.74) is 5.36. The van der Waals surface area contributed by atoms with Crippen LogP contribution >= 0.6 is 0 Å². The number of carbonyl (C=O) groups is 1. The minimum Gasteiger partial charge on any atom is -0.479 e. The number of rotatable bonds is 11. The molecule has 0 saturated heterocycles. The van der Waals surface area contributed by atoms with Gasteiger partial charge in [-0.1, -0.05) is 43.1 Å². The van der Waals surface area contributed by atoms with Crippen LogP contribution in [0, 0.1) is 20.8 Å². The minimum absolute atomic E-state index is 0.200. The van der Waals surface area contributed by atoms with Crippen LogP contribution in [0.1, 0.15) is 61.3 Å². The van der Waals surface area contributed by atoms with E-state index in [4.69, 9.17) is 14.0 Å². The average Bonchev–Trinajstić information content (AvgIpc) is 3.18. The molecule has 1 unspecified atom stereocenters. The van der Waals surface area contributed by atoms with Crippen LogP contribution in [0.4, 0.5) is 0 Å². The molecule has 3 rings (SSSR count). The van der Waals surface area contributed by atoms with Crippen molar-refractivity contribution in [2.24, 2.45) is 5.16 Å². The van der Waals surface area contributed by atoms with Crippen LogP contribution in [-0.4, -0.2) is 27.9 Å². The van der Waals surface area contributed by atoms with Gasteiger partial charge in [0.25, 0.3) is 0 Å². The second-order valence-corrected chi connectivity index (χ2v) is 8.28. The van der Waals surface area contributed by atoms with Gasteiger partial charge in [-0.2, -0.15) is 0 Å². The number of benzene rings is 2. The fourth-order valence-electron chi connectivity index (χ4n) is 3.46. The average molecular weight is 465 g/mol. The second kappa shape index (κ2) is 11.5. The molecule has 0 aliphatic rings. The standard InChI is InChI=1S/C27H32N2O5/c1-6-8-22(21-13-14-25(18(4)15-21)34-24(7-2)27(30)31)29-32-16-23-19(5)33-26(28-23)20-11-9-17(3)10-12-20/h9-15,24H,6-8,16H2,1-5H3,(H,30,31)/b29-22+. The molecule has 2 aromatic carbocycles. The lowest BCUT2D eigenvalue weighted by molar-refractivity contribution is -0.145. The first-order valence-electron chi connectivity index (χ1n) is 11.5. The molecule has 0 saturated carbocycles. The zero-order valence-corrected chi connectivity index (χ0v) is 20.4. The molecule has 180 valence electrons. The van der Waals surface area contributed by atoms with Gasteiger partial charge in [-0.15, -0.1) is 0 Å². The normalized spacial score (nSPS) is 12.4. The smallest absolute Gasteiger partial charge is 0.344 e. The van der Waals surface area contributed by atoms with Crippen LogP contribution < -0.4 is 4.74 Å². The molecule has 3 aromatic rings. The van der Waals surface area contributed by atoms with Gasteiger partial charge in [0.05, 0.1) is 5.71 Å². The Morgan fingerprint density at radius 3 is 2.47 bits per heavy atom. The van der Waals surface area contributed by atoms with E-state index in [9.17, 15) is 9.90 Å². The number of ether oxygens (including phenoxy) is 1. The summed E-state index contributed by atoms with van der Waals surface area (Å²) in [5.74, 6) is 0.841. The number of hydrogen-bond acceptors (Lipinski definition) is 6. The van der Waals surface area contributed by atoms with E-state index in [1.54, 1.807) is 13.0 Å². The van der Waals surface area contributed by atoms with Gasteiger partial charge in [-0.25, -0.2) is 9.78 Å². The first kappa shape index (κ1) is 25.0. The summed E-state index contributed by atoms with van der Waals surface area (Å²) in [6, 6.07) is 13.6. The van der Waals surface area contributed by atoms with Gasteiger partial charge in [0.1, 0.15) is 17.2 Å². The molecular formula is C27H32N2O5. The topological polar surface area (TPSA) is 94.2 Å². The third-order valence-electron chi connectivity index (χ3n) is 5.48. The van der Waals surface area contributed by atoms with Gasteiger partial charge in [0, 0.05) is 5.56 Å². The molecule has 1 N–H and O–H groups in total. The Labute approximate surface area is 200 Å². The van der Waals surface area contributed by atoms with E-state index in [2.05, 4.69) is 17.1 Å². The highest BCUT2D eigenvalue weighted by molar-refractivity contribution is 6.00. The molecule has 1 atom stereocenters. The quantitative estimate of drug-likeness (QED) is 0.267. The monoisotopic (exact) mass is 464 g/mol. The van der Waals surface area contributed by atoms with Gasteiger partial charge in [-0.3, -0.25) is 0 Å². The maximum atomic E-state index is 11.3. The number of nitrogens with zero attached hydrogens (tertiary/aromatic N) is 2. The summed E-state index contributed by atoms with van der Waals surface area (Å²) < 4.78 is 11.5. The Balaban J connectivity index is 1.73. The summed E-state index contributed by atoms with van der Waals surface area (Å²) in [5, 5.41) is 13.6. The molecule has 0 radical (unpaired) electrons. The predicted molar refractivity (Wildman–Crippen MR) is 131 cm³/mol. The lowest BCUT2D eigenvalue weighted by Crippen LogP contribution is -2.26. The Morgan fingerprint density at radius 1 is 1.12 bits per heavy atom. The van der Waals surface area contributed by atoms with Crippen molar-refractivity contribution in [2.75, 3.05) is 0 Å². The number of carboxylic acids is 1. The number of oxazole rings is 1. The maximum absolute atomic E-state index is 11.3. The molecular weight excluding hydrogens is 432 g/mol. The Hall–Kier alpha value is -3.61. The van der Waals surface area contributed by atoms with E-state index in [1.165, 1.54) is 5.56 Å². The number of aliphatic carboxylic acids is 1.